The minimum atomic E-state index is 0.00578. The largest absolute Gasteiger partial charge is 0.387 e. The molecule has 0 radical (unpaired) electrons. The number of nitrogens with two attached hydrogens (primary N) is 1. The number of amidine groups is 1. The van der Waals surface area contributed by atoms with Gasteiger partial charge < -0.3 is 5.73 Å². The Morgan fingerprint density at radius 1 is 1.46 bits per heavy atom. The second-order valence-electron chi connectivity index (χ2n) is 4.28. The summed E-state index contributed by atoms with van der Waals surface area (Å²) in [7, 11) is 0. The lowest BCUT2D eigenvalue weighted by atomic mass is 9.95. The van der Waals surface area contributed by atoms with Gasteiger partial charge in [-0.05, 0) is 12.7 Å². The maximum Gasteiger partial charge on any atom is 0.0995 e. The van der Waals surface area contributed by atoms with E-state index in [4.69, 9.17) is 5.73 Å². The molecule has 0 fully saturated rings. The average molecular weight is 202 g/mol. The standard InChI is InChI=1S/C10H22N2S/c1-6-8(7-13-5)12-9(11)10(2,3)4/h8H,6-7H2,1-5H3,(H2,11,12). The first-order valence-corrected chi connectivity index (χ1v) is 6.13. The van der Waals surface area contributed by atoms with E-state index in [-0.39, 0.29) is 5.41 Å². The van der Waals surface area contributed by atoms with Crippen LogP contribution in [0, 0.1) is 5.41 Å². The predicted molar refractivity (Wildman–Crippen MR) is 63.5 cm³/mol. The molecule has 3 heteroatoms. The van der Waals surface area contributed by atoms with Crippen LogP contribution in [0.2, 0.25) is 0 Å². The first-order chi connectivity index (χ1) is 5.91. The summed E-state index contributed by atoms with van der Waals surface area (Å²) in [5, 5.41) is 0. The summed E-state index contributed by atoms with van der Waals surface area (Å²) in [4.78, 5) is 4.53. The van der Waals surface area contributed by atoms with Gasteiger partial charge in [-0.2, -0.15) is 11.8 Å². The number of thioether (sulfide) groups is 1. The fraction of sp³-hybridized carbons (Fsp3) is 0.900. The van der Waals surface area contributed by atoms with Crippen LogP contribution >= 0.6 is 11.8 Å². The van der Waals surface area contributed by atoms with Crippen molar-refractivity contribution in [3.05, 3.63) is 0 Å². The van der Waals surface area contributed by atoms with Crippen molar-refractivity contribution in [1.82, 2.24) is 0 Å². The van der Waals surface area contributed by atoms with Crippen molar-refractivity contribution in [2.24, 2.45) is 16.1 Å². The van der Waals surface area contributed by atoms with Gasteiger partial charge in [0.15, 0.2) is 0 Å². The minimum absolute atomic E-state index is 0.00578. The molecule has 1 atom stereocenters. The fourth-order valence-corrected chi connectivity index (χ4v) is 1.52. The third-order valence-corrected chi connectivity index (χ3v) is 2.64. The van der Waals surface area contributed by atoms with E-state index in [2.05, 4.69) is 38.9 Å². The zero-order chi connectivity index (χ0) is 10.5. The SMILES string of the molecule is CCC(CSC)N=C(N)C(C)(C)C. The Morgan fingerprint density at radius 2 is 2.00 bits per heavy atom. The molecule has 0 saturated heterocycles. The highest BCUT2D eigenvalue weighted by Crippen LogP contribution is 2.15. The maximum atomic E-state index is 5.90. The van der Waals surface area contributed by atoms with Crippen molar-refractivity contribution < 1.29 is 0 Å². The van der Waals surface area contributed by atoms with Gasteiger partial charge in [0.2, 0.25) is 0 Å². The number of hydrogen-bond acceptors (Lipinski definition) is 2. The Kier molecular flexibility index (Phi) is 5.45. The number of aliphatic imine (C=N–C) groups is 1. The second-order valence-corrected chi connectivity index (χ2v) is 5.19. The topological polar surface area (TPSA) is 38.4 Å². The van der Waals surface area contributed by atoms with Gasteiger partial charge in [0.05, 0.1) is 11.9 Å². The summed E-state index contributed by atoms with van der Waals surface area (Å²) in [5.41, 5.74) is 5.90. The monoisotopic (exact) mass is 202 g/mol. The van der Waals surface area contributed by atoms with E-state index in [1.807, 2.05) is 11.8 Å². The summed E-state index contributed by atoms with van der Waals surface area (Å²) in [5.74, 6) is 1.83. The summed E-state index contributed by atoms with van der Waals surface area (Å²) in [6, 6.07) is 0.384. The summed E-state index contributed by atoms with van der Waals surface area (Å²) in [6.07, 6.45) is 3.17. The number of hydrogen-bond donors (Lipinski definition) is 1. The van der Waals surface area contributed by atoms with Gasteiger partial charge in [-0.3, -0.25) is 4.99 Å². The molecule has 0 aromatic carbocycles. The molecule has 0 spiro atoms. The molecule has 13 heavy (non-hydrogen) atoms. The van der Waals surface area contributed by atoms with E-state index in [1.54, 1.807) is 0 Å². The lowest BCUT2D eigenvalue weighted by Gasteiger charge is -2.20. The molecule has 78 valence electrons. The normalized spacial score (nSPS) is 15.9. The van der Waals surface area contributed by atoms with Crippen LogP contribution in [0.4, 0.5) is 0 Å². The van der Waals surface area contributed by atoms with Gasteiger partial charge in [0.1, 0.15) is 0 Å². The molecule has 0 rings (SSSR count). The van der Waals surface area contributed by atoms with Crippen molar-refractivity contribution in [1.29, 1.82) is 0 Å². The minimum Gasteiger partial charge on any atom is -0.387 e. The van der Waals surface area contributed by atoms with Crippen LogP contribution in [0.15, 0.2) is 4.99 Å². The average Bonchev–Trinajstić information content (AvgIpc) is 2.01. The molecule has 2 nitrogen and oxygen atoms in total. The van der Waals surface area contributed by atoms with Gasteiger partial charge in [0, 0.05) is 11.2 Å². The zero-order valence-corrected chi connectivity index (χ0v) is 10.2. The van der Waals surface area contributed by atoms with E-state index in [0.717, 1.165) is 18.0 Å². The lowest BCUT2D eigenvalue weighted by Crippen LogP contribution is -2.31. The van der Waals surface area contributed by atoms with Crippen molar-refractivity contribution >= 4 is 17.6 Å². The molecule has 0 amide bonds. The Hall–Kier alpha value is -0.180. The zero-order valence-electron chi connectivity index (χ0n) is 9.42. The maximum absolute atomic E-state index is 5.90. The van der Waals surface area contributed by atoms with Crippen LogP contribution < -0.4 is 5.73 Å². The molecule has 0 aromatic rings. The quantitative estimate of drug-likeness (QED) is 0.562. The Bertz CT molecular complexity index is 170. The van der Waals surface area contributed by atoms with E-state index in [1.165, 1.54) is 0 Å². The van der Waals surface area contributed by atoms with E-state index in [9.17, 15) is 0 Å². The molecule has 1 unspecified atom stereocenters. The van der Waals surface area contributed by atoms with Gasteiger partial charge in [0.25, 0.3) is 0 Å². The lowest BCUT2D eigenvalue weighted by molar-refractivity contribution is 0.572. The van der Waals surface area contributed by atoms with Crippen molar-refractivity contribution in [2.45, 2.75) is 40.2 Å². The summed E-state index contributed by atoms with van der Waals surface area (Å²) in [6.45, 7) is 8.44. The Labute approximate surface area is 86.4 Å². The highest BCUT2D eigenvalue weighted by molar-refractivity contribution is 7.98. The third-order valence-electron chi connectivity index (χ3n) is 1.92. The Balaban J connectivity index is 4.33. The van der Waals surface area contributed by atoms with Gasteiger partial charge in [-0.15, -0.1) is 0 Å². The molecule has 0 aliphatic rings. The summed E-state index contributed by atoms with van der Waals surface area (Å²) < 4.78 is 0. The highest BCUT2D eigenvalue weighted by Gasteiger charge is 2.16. The molecule has 0 aromatic heterocycles. The number of nitrogens with zero attached hydrogens (tertiary/aromatic N) is 1. The van der Waals surface area contributed by atoms with Crippen LogP contribution in [0.3, 0.4) is 0 Å². The highest BCUT2D eigenvalue weighted by atomic mass is 32.2. The summed E-state index contributed by atoms with van der Waals surface area (Å²) >= 11 is 1.82. The molecule has 0 aliphatic heterocycles. The van der Waals surface area contributed by atoms with Crippen LogP contribution in [-0.2, 0) is 0 Å². The van der Waals surface area contributed by atoms with Crippen molar-refractivity contribution in [3.8, 4) is 0 Å². The third kappa shape index (κ3) is 5.19. The van der Waals surface area contributed by atoms with E-state index >= 15 is 0 Å². The van der Waals surface area contributed by atoms with Gasteiger partial charge in [-0.25, -0.2) is 0 Å². The second kappa shape index (κ2) is 5.53. The molecule has 0 heterocycles. The van der Waals surface area contributed by atoms with Crippen LogP contribution in [0.25, 0.3) is 0 Å². The molecule has 0 aliphatic carbocycles. The molecular formula is C10H22N2S. The molecule has 0 bridgehead atoms. The van der Waals surface area contributed by atoms with Gasteiger partial charge in [-0.1, -0.05) is 27.7 Å². The molecule has 0 saturated carbocycles. The molecular weight excluding hydrogens is 180 g/mol. The fourth-order valence-electron chi connectivity index (χ4n) is 0.829. The first-order valence-electron chi connectivity index (χ1n) is 4.74. The first kappa shape index (κ1) is 12.8. The van der Waals surface area contributed by atoms with E-state index in [0.29, 0.717) is 6.04 Å². The van der Waals surface area contributed by atoms with Gasteiger partial charge >= 0.3 is 0 Å². The van der Waals surface area contributed by atoms with Crippen molar-refractivity contribution in [2.75, 3.05) is 12.0 Å². The van der Waals surface area contributed by atoms with Crippen LogP contribution in [0.5, 0.6) is 0 Å². The smallest absolute Gasteiger partial charge is 0.0995 e. The van der Waals surface area contributed by atoms with Crippen LogP contribution in [-0.4, -0.2) is 23.9 Å². The number of rotatable bonds is 4. The Morgan fingerprint density at radius 3 is 2.31 bits per heavy atom. The molecule has 2 N–H and O–H groups in total. The van der Waals surface area contributed by atoms with Crippen molar-refractivity contribution in [3.63, 3.8) is 0 Å². The van der Waals surface area contributed by atoms with Crippen LogP contribution in [0.1, 0.15) is 34.1 Å². The predicted octanol–water partition coefficient (Wildman–Crippen LogP) is 2.53. The van der Waals surface area contributed by atoms with E-state index < -0.39 is 0 Å².